The summed E-state index contributed by atoms with van der Waals surface area (Å²) < 4.78 is 0. The molecular formula is C18H28N2. The number of hydrogen-bond acceptors (Lipinski definition) is 2. The highest BCUT2D eigenvalue weighted by Crippen LogP contribution is 2.25. The van der Waals surface area contributed by atoms with Crippen LogP contribution in [0.4, 0.5) is 5.69 Å². The first-order chi connectivity index (χ1) is 9.41. The van der Waals surface area contributed by atoms with Gasteiger partial charge in [-0.15, -0.1) is 0 Å². The van der Waals surface area contributed by atoms with Crippen LogP contribution in [0, 0.1) is 0 Å². The zero-order chi connectivity index (χ0) is 14.8. The number of benzene rings is 1. The minimum Gasteiger partial charge on any atom is -0.344 e. The highest BCUT2D eigenvalue weighted by atomic mass is 15.3. The summed E-state index contributed by atoms with van der Waals surface area (Å²) in [5.74, 6) is 0. The summed E-state index contributed by atoms with van der Waals surface area (Å²) in [5, 5.41) is 0. The molecular weight excluding hydrogens is 244 g/mol. The minimum atomic E-state index is 0.213. The zero-order valence-electron chi connectivity index (χ0n) is 13.4. The molecule has 1 saturated heterocycles. The van der Waals surface area contributed by atoms with Crippen LogP contribution in [0.25, 0.3) is 0 Å². The molecule has 0 unspecified atom stereocenters. The lowest BCUT2D eigenvalue weighted by Gasteiger charge is -2.35. The molecule has 1 aromatic carbocycles. The minimum absolute atomic E-state index is 0.213. The van der Waals surface area contributed by atoms with E-state index in [2.05, 4.69) is 68.3 Å². The van der Waals surface area contributed by atoms with Crippen molar-refractivity contribution in [2.75, 3.05) is 24.5 Å². The van der Waals surface area contributed by atoms with E-state index in [9.17, 15) is 0 Å². The van der Waals surface area contributed by atoms with Crippen molar-refractivity contribution in [3.8, 4) is 0 Å². The number of hydrogen-bond donors (Lipinski definition) is 0. The van der Waals surface area contributed by atoms with E-state index in [-0.39, 0.29) is 5.54 Å². The predicted molar refractivity (Wildman–Crippen MR) is 88.2 cm³/mol. The molecule has 0 radical (unpaired) electrons. The Morgan fingerprint density at radius 3 is 2.30 bits per heavy atom. The van der Waals surface area contributed by atoms with Crippen molar-refractivity contribution in [1.29, 1.82) is 0 Å². The number of nitrogens with zero attached hydrogens (tertiary/aromatic N) is 2. The average molecular weight is 272 g/mol. The Kier molecular flexibility index (Phi) is 4.54. The third-order valence-corrected chi connectivity index (χ3v) is 4.17. The Balaban J connectivity index is 2.14. The van der Waals surface area contributed by atoms with Crippen molar-refractivity contribution >= 4 is 5.69 Å². The van der Waals surface area contributed by atoms with Gasteiger partial charge >= 0.3 is 0 Å². The second kappa shape index (κ2) is 6.01. The van der Waals surface area contributed by atoms with Crippen LogP contribution in [-0.4, -0.2) is 30.1 Å². The Morgan fingerprint density at radius 1 is 1.10 bits per heavy atom. The summed E-state index contributed by atoms with van der Waals surface area (Å²) in [7, 11) is 0. The molecule has 1 aliphatic rings. The third kappa shape index (κ3) is 3.43. The molecule has 1 heterocycles. The summed E-state index contributed by atoms with van der Waals surface area (Å²) in [4.78, 5) is 4.90. The fourth-order valence-corrected chi connectivity index (χ4v) is 2.76. The number of anilines is 1. The summed E-state index contributed by atoms with van der Waals surface area (Å²) in [5.41, 5.74) is 4.10. The maximum absolute atomic E-state index is 4.32. The molecule has 2 heteroatoms. The van der Waals surface area contributed by atoms with E-state index in [1.165, 1.54) is 23.4 Å². The molecule has 2 rings (SSSR count). The molecule has 0 saturated carbocycles. The largest absolute Gasteiger partial charge is 0.344 e. The van der Waals surface area contributed by atoms with Crippen LogP contribution in [0.3, 0.4) is 0 Å². The van der Waals surface area contributed by atoms with E-state index in [1.807, 2.05) is 0 Å². The van der Waals surface area contributed by atoms with Gasteiger partial charge in [0.05, 0.1) is 0 Å². The molecule has 0 aliphatic carbocycles. The second-order valence-corrected chi connectivity index (χ2v) is 6.68. The van der Waals surface area contributed by atoms with Crippen LogP contribution >= 0.6 is 0 Å². The van der Waals surface area contributed by atoms with E-state index >= 15 is 0 Å². The molecule has 0 bridgehead atoms. The molecule has 0 N–H and O–H groups in total. The zero-order valence-corrected chi connectivity index (χ0v) is 13.4. The highest BCUT2D eigenvalue weighted by Gasteiger charge is 2.26. The Bertz CT molecular complexity index is 453. The molecule has 1 fully saturated rings. The number of aryl methyl sites for hydroxylation is 1. The molecule has 0 spiro atoms. The summed E-state index contributed by atoms with van der Waals surface area (Å²) in [6.07, 6.45) is 2.28. The van der Waals surface area contributed by atoms with Gasteiger partial charge in [-0.05, 0) is 51.3 Å². The Hall–Kier alpha value is -1.28. The number of rotatable bonds is 2. The van der Waals surface area contributed by atoms with E-state index in [1.54, 1.807) is 0 Å². The summed E-state index contributed by atoms with van der Waals surface area (Å²) >= 11 is 0. The van der Waals surface area contributed by atoms with Crippen molar-refractivity contribution in [2.24, 2.45) is 0 Å². The van der Waals surface area contributed by atoms with Crippen LogP contribution in [0.2, 0.25) is 0 Å². The van der Waals surface area contributed by atoms with Gasteiger partial charge in [0.2, 0.25) is 0 Å². The van der Waals surface area contributed by atoms with Gasteiger partial charge in [-0.25, -0.2) is 0 Å². The van der Waals surface area contributed by atoms with Gasteiger partial charge in [0.15, 0.2) is 0 Å². The Labute approximate surface area is 124 Å². The fraction of sp³-hybridized carbons (Fsp3) is 0.556. The first kappa shape index (κ1) is 15.1. The molecule has 2 nitrogen and oxygen atoms in total. The van der Waals surface area contributed by atoms with Crippen LogP contribution in [0.1, 0.15) is 39.7 Å². The van der Waals surface area contributed by atoms with E-state index < -0.39 is 0 Å². The lowest BCUT2D eigenvalue weighted by atomic mass is 10.1. The highest BCUT2D eigenvalue weighted by molar-refractivity contribution is 5.53. The molecule has 0 amide bonds. The van der Waals surface area contributed by atoms with Gasteiger partial charge in [-0.1, -0.05) is 25.6 Å². The van der Waals surface area contributed by atoms with Gasteiger partial charge in [0.25, 0.3) is 0 Å². The quantitative estimate of drug-likeness (QED) is 0.800. The Morgan fingerprint density at radius 2 is 1.75 bits per heavy atom. The summed E-state index contributed by atoms with van der Waals surface area (Å²) in [6, 6.07) is 8.93. The molecule has 0 aromatic heterocycles. The van der Waals surface area contributed by atoms with Crippen molar-refractivity contribution in [3.63, 3.8) is 0 Å². The van der Waals surface area contributed by atoms with Gasteiger partial charge in [0, 0.05) is 36.6 Å². The summed E-state index contributed by atoms with van der Waals surface area (Å²) in [6.45, 7) is 16.5. The van der Waals surface area contributed by atoms with Crippen molar-refractivity contribution in [3.05, 3.63) is 42.1 Å². The SMILES string of the molecule is C=C1CN(C(C)(C)C)CCCN1c1ccc(CC)cc1. The van der Waals surface area contributed by atoms with Crippen molar-refractivity contribution in [2.45, 2.75) is 46.1 Å². The van der Waals surface area contributed by atoms with Crippen molar-refractivity contribution in [1.82, 2.24) is 4.90 Å². The van der Waals surface area contributed by atoms with Gasteiger partial charge < -0.3 is 4.90 Å². The maximum Gasteiger partial charge on any atom is 0.0408 e. The smallest absolute Gasteiger partial charge is 0.0408 e. The van der Waals surface area contributed by atoms with E-state index in [0.29, 0.717) is 0 Å². The molecule has 20 heavy (non-hydrogen) atoms. The normalized spacial score (nSPS) is 18.2. The lowest BCUT2D eigenvalue weighted by Crippen LogP contribution is -2.42. The molecule has 1 aromatic rings. The predicted octanol–water partition coefficient (Wildman–Crippen LogP) is 4.07. The fourth-order valence-electron chi connectivity index (χ4n) is 2.76. The molecule has 1 aliphatic heterocycles. The van der Waals surface area contributed by atoms with E-state index in [4.69, 9.17) is 0 Å². The average Bonchev–Trinajstić information content (AvgIpc) is 2.60. The first-order valence-corrected chi connectivity index (χ1v) is 7.71. The van der Waals surface area contributed by atoms with Gasteiger partial charge in [-0.3, -0.25) is 4.90 Å². The van der Waals surface area contributed by atoms with Crippen molar-refractivity contribution < 1.29 is 0 Å². The first-order valence-electron chi connectivity index (χ1n) is 7.71. The topological polar surface area (TPSA) is 6.48 Å². The monoisotopic (exact) mass is 272 g/mol. The van der Waals surface area contributed by atoms with E-state index in [0.717, 1.165) is 26.1 Å². The van der Waals surface area contributed by atoms with Gasteiger partial charge in [-0.2, -0.15) is 0 Å². The molecule has 110 valence electrons. The third-order valence-electron chi connectivity index (χ3n) is 4.17. The second-order valence-electron chi connectivity index (χ2n) is 6.68. The van der Waals surface area contributed by atoms with Crippen LogP contribution < -0.4 is 4.90 Å². The standard InChI is InChI=1S/C18H28N2/c1-6-16-8-10-17(11-9-16)20-13-7-12-19(14-15(20)2)18(3,4)5/h8-11H,2,6-7,12-14H2,1,3-5H3. The van der Waals surface area contributed by atoms with Crippen LogP contribution in [-0.2, 0) is 6.42 Å². The van der Waals surface area contributed by atoms with Crippen LogP contribution in [0.15, 0.2) is 36.5 Å². The lowest BCUT2D eigenvalue weighted by molar-refractivity contribution is 0.155. The maximum atomic E-state index is 4.32. The van der Waals surface area contributed by atoms with Crippen LogP contribution in [0.5, 0.6) is 0 Å². The molecule has 0 atom stereocenters. The van der Waals surface area contributed by atoms with Gasteiger partial charge in [0.1, 0.15) is 0 Å².